The topological polar surface area (TPSA) is 55.4 Å². The highest BCUT2D eigenvalue weighted by Crippen LogP contribution is 2.27. The number of benzene rings is 3. The minimum absolute atomic E-state index is 0.0862. The molecule has 1 saturated heterocycles. The second-order valence-electron chi connectivity index (χ2n) is 13.5. The van der Waals surface area contributed by atoms with Gasteiger partial charge in [0.15, 0.2) is 5.78 Å². The van der Waals surface area contributed by atoms with E-state index in [0.29, 0.717) is 29.2 Å². The van der Waals surface area contributed by atoms with Crippen molar-refractivity contribution < 1.29 is 14.3 Å². The Balaban J connectivity index is 0.000000844. The Labute approximate surface area is 341 Å². The molecule has 1 aliphatic heterocycles. The Morgan fingerprint density at radius 2 is 1.56 bits per heavy atom. The van der Waals surface area contributed by atoms with E-state index >= 15 is 0 Å². The zero-order valence-corrected chi connectivity index (χ0v) is 36.8. The molecule has 55 heavy (non-hydrogen) atoms. The van der Waals surface area contributed by atoms with Crippen LogP contribution in [0, 0.1) is 0 Å². The Hall–Kier alpha value is -3.99. The first-order valence-corrected chi connectivity index (χ1v) is 20.8. The summed E-state index contributed by atoms with van der Waals surface area (Å²) < 4.78 is 5.28. The van der Waals surface area contributed by atoms with E-state index in [2.05, 4.69) is 83.8 Å². The summed E-state index contributed by atoms with van der Waals surface area (Å²) in [6, 6.07) is 22.8. The van der Waals surface area contributed by atoms with E-state index in [1.54, 1.807) is 6.08 Å². The van der Waals surface area contributed by atoms with Crippen LogP contribution in [0.5, 0.6) is 0 Å². The molecule has 0 spiro atoms. The van der Waals surface area contributed by atoms with E-state index in [-0.39, 0.29) is 11.7 Å². The summed E-state index contributed by atoms with van der Waals surface area (Å²) in [5.74, 6) is 0.340. The Morgan fingerprint density at radius 3 is 2.05 bits per heavy atom. The molecule has 302 valence electrons. The third-order valence-electron chi connectivity index (χ3n) is 8.71. The van der Waals surface area contributed by atoms with Crippen molar-refractivity contribution in [3.05, 3.63) is 142 Å². The molecule has 4 rings (SSSR count). The highest BCUT2D eigenvalue weighted by Gasteiger charge is 2.16. The summed E-state index contributed by atoms with van der Waals surface area (Å²) in [6.07, 6.45) is 17.7. The number of ether oxygens (including phenoxy) is 1. The van der Waals surface area contributed by atoms with Gasteiger partial charge in [0.25, 0.3) is 5.91 Å². The number of halogens is 1. The average Bonchev–Trinajstić information content (AvgIpc) is 3.19. The molecule has 1 heterocycles. The van der Waals surface area contributed by atoms with Gasteiger partial charge in [0.05, 0.1) is 6.10 Å². The van der Waals surface area contributed by atoms with E-state index in [4.69, 9.17) is 16.3 Å². The second kappa shape index (κ2) is 31.2. The Kier molecular flexibility index (Phi) is 29.0. The van der Waals surface area contributed by atoms with Gasteiger partial charge in [0.2, 0.25) is 0 Å². The quantitative estimate of drug-likeness (QED) is 0.147. The Morgan fingerprint density at radius 1 is 0.909 bits per heavy atom. The van der Waals surface area contributed by atoms with Gasteiger partial charge in [-0.2, -0.15) is 0 Å². The minimum Gasteiger partial charge on any atom is -0.379 e. The van der Waals surface area contributed by atoms with Crippen LogP contribution < -0.4 is 5.32 Å². The zero-order chi connectivity index (χ0) is 41.6. The molecule has 5 heteroatoms. The number of rotatable bonds is 12. The fourth-order valence-electron chi connectivity index (χ4n) is 5.65. The molecule has 0 aliphatic carbocycles. The van der Waals surface area contributed by atoms with Crippen LogP contribution in [-0.4, -0.2) is 30.9 Å². The fourth-order valence-corrected chi connectivity index (χ4v) is 5.82. The van der Waals surface area contributed by atoms with Crippen molar-refractivity contribution in [2.45, 2.75) is 133 Å². The largest absolute Gasteiger partial charge is 0.379 e. The summed E-state index contributed by atoms with van der Waals surface area (Å²) in [6.45, 7) is 27.8. The molecule has 1 aliphatic rings. The van der Waals surface area contributed by atoms with Crippen LogP contribution in [0.2, 0.25) is 5.02 Å². The third-order valence-corrected chi connectivity index (χ3v) is 8.95. The molecule has 1 amide bonds. The summed E-state index contributed by atoms with van der Waals surface area (Å²) in [7, 11) is 0. The van der Waals surface area contributed by atoms with Crippen LogP contribution in [0.15, 0.2) is 104 Å². The number of ketones is 1. The summed E-state index contributed by atoms with van der Waals surface area (Å²) in [5, 5.41) is 3.69. The molecule has 3 aromatic rings. The monoisotopic (exact) mass is 770 g/mol. The number of carbonyl (C=O) groups excluding carboxylic acids is 2. The van der Waals surface area contributed by atoms with Gasteiger partial charge in [-0.15, -0.1) is 0 Å². The molecule has 0 bridgehead atoms. The van der Waals surface area contributed by atoms with Gasteiger partial charge in [-0.25, -0.2) is 0 Å². The van der Waals surface area contributed by atoms with Crippen LogP contribution in [-0.2, 0) is 33.6 Å². The van der Waals surface area contributed by atoms with E-state index in [1.807, 2.05) is 82.3 Å². The third kappa shape index (κ3) is 21.6. The highest BCUT2D eigenvalue weighted by atomic mass is 35.5. The highest BCUT2D eigenvalue weighted by molar-refractivity contribution is 6.30. The maximum absolute atomic E-state index is 12.9. The molecular weight excluding hydrogens is 698 g/mol. The molecule has 0 saturated carbocycles. The lowest BCUT2D eigenvalue weighted by Gasteiger charge is -2.17. The number of carbonyl (C=O) groups is 2. The van der Waals surface area contributed by atoms with Crippen LogP contribution in [0.3, 0.4) is 0 Å². The predicted octanol–water partition coefficient (Wildman–Crippen LogP) is 13.8. The SMILES string of the molecule is C/C=C\C=C/C(C)=O.C=C(CNC(=O)/C(=C/C)c1ccccc1C(C)C)c1cc(Cl)ccc1CC.CC.CC1CCCCO1.CCCc1ccc(CC)cc1. The van der Waals surface area contributed by atoms with Gasteiger partial charge in [0, 0.05) is 23.7 Å². The van der Waals surface area contributed by atoms with Crippen molar-refractivity contribution in [3.63, 3.8) is 0 Å². The van der Waals surface area contributed by atoms with Crippen LogP contribution >= 0.6 is 11.6 Å². The van der Waals surface area contributed by atoms with E-state index in [0.717, 1.165) is 36.1 Å². The van der Waals surface area contributed by atoms with Gasteiger partial charge in [-0.05, 0) is 129 Å². The minimum atomic E-state index is -0.0909. The molecule has 0 radical (unpaired) electrons. The second-order valence-corrected chi connectivity index (χ2v) is 13.9. The molecule has 1 unspecified atom stereocenters. The van der Waals surface area contributed by atoms with Gasteiger partial charge >= 0.3 is 0 Å². The van der Waals surface area contributed by atoms with E-state index in [1.165, 1.54) is 67.4 Å². The maximum Gasteiger partial charge on any atom is 0.251 e. The number of hydrogen-bond donors (Lipinski definition) is 1. The first kappa shape index (κ1) is 51.0. The van der Waals surface area contributed by atoms with Crippen LogP contribution in [0.25, 0.3) is 11.1 Å². The van der Waals surface area contributed by atoms with Crippen molar-refractivity contribution in [1.29, 1.82) is 0 Å². The number of hydrogen-bond acceptors (Lipinski definition) is 3. The van der Waals surface area contributed by atoms with Crippen molar-refractivity contribution in [2.75, 3.05) is 13.2 Å². The summed E-state index contributed by atoms with van der Waals surface area (Å²) >= 11 is 6.14. The van der Waals surface area contributed by atoms with Gasteiger partial charge in [-0.3, -0.25) is 9.59 Å². The van der Waals surface area contributed by atoms with Crippen LogP contribution in [0.1, 0.15) is 141 Å². The normalized spacial score (nSPS) is 13.6. The first-order chi connectivity index (χ1) is 26.4. The summed E-state index contributed by atoms with van der Waals surface area (Å²) in [5.41, 5.74) is 8.78. The van der Waals surface area contributed by atoms with Gasteiger partial charge in [-0.1, -0.05) is 152 Å². The number of nitrogens with one attached hydrogen (secondary N) is 1. The van der Waals surface area contributed by atoms with Crippen molar-refractivity contribution in [2.24, 2.45) is 0 Å². The van der Waals surface area contributed by atoms with Crippen molar-refractivity contribution >= 4 is 34.4 Å². The molecular formula is C50H72ClNO3. The smallest absolute Gasteiger partial charge is 0.251 e. The van der Waals surface area contributed by atoms with Crippen molar-refractivity contribution in [3.8, 4) is 0 Å². The zero-order valence-electron chi connectivity index (χ0n) is 36.1. The lowest BCUT2D eigenvalue weighted by Crippen LogP contribution is -2.26. The standard InChI is InChI=1S/C24H28ClNO.C11H16.C7H10O.C6H12O.C2H6/c1-6-18-12-13-19(25)14-23(18)17(5)15-26-24(27)20(7-2)22-11-9-8-10-21(22)16(3)4;1-3-5-11-8-6-10(4-2)7-9-11;1-3-4-5-6-7(2)8;1-6-4-2-3-5-7-6;1-2/h7-14,16H,5-6,15H2,1-4H3,(H,26,27);6-9H,3-5H2,1-2H3;3-6H,1-2H3;6H,2-5H2,1H3;1-2H3/b20-7+;;4-3-,6-5-;;. The molecule has 0 aromatic heterocycles. The Bertz CT molecular complexity index is 1610. The van der Waals surface area contributed by atoms with Gasteiger partial charge < -0.3 is 10.1 Å². The van der Waals surface area contributed by atoms with Crippen molar-refractivity contribution in [1.82, 2.24) is 5.32 Å². The summed E-state index contributed by atoms with van der Waals surface area (Å²) in [4.78, 5) is 23.1. The average molecular weight is 771 g/mol. The van der Waals surface area contributed by atoms with E-state index in [9.17, 15) is 9.59 Å². The number of aryl methyl sites for hydroxylation is 3. The molecule has 1 atom stereocenters. The lowest BCUT2D eigenvalue weighted by molar-refractivity contribution is -0.115. The van der Waals surface area contributed by atoms with E-state index < -0.39 is 0 Å². The first-order valence-electron chi connectivity index (χ1n) is 20.4. The predicted molar refractivity (Wildman–Crippen MR) is 242 cm³/mol. The molecule has 4 nitrogen and oxygen atoms in total. The number of allylic oxidation sites excluding steroid dienone is 5. The lowest BCUT2D eigenvalue weighted by atomic mass is 9.92. The fraction of sp³-hybridized carbons (Fsp3) is 0.440. The maximum atomic E-state index is 12.9. The molecule has 3 aromatic carbocycles. The van der Waals surface area contributed by atoms with Crippen LogP contribution in [0.4, 0.5) is 0 Å². The van der Waals surface area contributed by atoms with Gasteiger partial charge in [0.1, 0.15) is 0 Å². The number of amides is 1. The molecule has 1 N–H and O–H groups in total. The molecule has 1 fully saturated rings.